The number of ether oxygens (including phenoxy) is 3. The minimum atomic E-state index is -0.662. The fraction of sp³-hybridized carbons (Fsp3) is 0.194. The average molecular weight is 575 g/mol. The van der Waals surface area contributed by atoms with Crippen LogP contribution in [0.25, 0.3) is 6.08 Å². The molecule has 4 aromatic rings. The van der Waals surface area contributed by atoms with Crippen molar-refractivity contribution in [3.05, 3.63) is 125 Å². The molecule has 0 unspecified atom stereocenters. The van der Waals surface area contributed by atoms with E-state index in [9.17, 15) is 9.59 Å². The Bertz CT molecular complexity index is 1760. The van der Waals surface area contributed by atoms with Gasteiger partial charge in [0.25, 0.3) is 5.56 Å². The standard InChI is InChI=1S/C31H27ClN2O5S/c1-4-38-30(36)26-19(2)33-31-34(27(26)22-13-9-6-10-14-22)29(35)25(40-31)17-21-15-23(32)28(24(16-21)37-3)39-18-20-11-7-5-8-12-20/h5-17,27H,4,18H2,1-3H3/b25-17+/t27-/m1/s1. The van der Waals surface area contributed by atoms with Gasteiger partial charge in [0.05, 0.1) is 40.6 Å². The first-order valence-electron chi connectivity index (χ1n) is 12.7. The first-order valence-corrected chi connectivity index (χ1v) is 13.9. The number of thiazole rings is 1. The summed E-state index contributed by atoms with van der Waals surface area (Å²) in [4.78, 5) is 31.9. The summed E-state index contributed by atoms with van der Waals surface area (Å²) in [5, 5.41) is 0.358. The molecule has 0 radical (unpaired) electrons. The van der Waals surface area contributed by atoms with Crippen LogP contribution in [-0.4, -0.2) is 24.3 Å². The number of hydrogen-bond acceptors (Lipinski definition) is 7. The smallest absolute Gasteiger partial charge is 0.338 e. The number of allylic oxidation sites excluding steroid dienone is 1. The maximum atomic E-state index is 13.8. The molecule has 0 spiro atoms. The fourth-order valence-corrected chi connectivity index (χ4v) is 5.91. The number of rotatable bonds is 8. The molecule has 3 aromatic carbocycles. The first-order chi connectivity index (χ1) is 19.4. The van der Waals surface area contributed by atoms with Gasteiger partial charge in [-0.3, -0.25) is 9.36 Å². The Hall–Kier alpha value is -4.14. The van der Waals surface area contributed by atoms with Crippen molar-refractivity contribution >= 4 is 35.0 Å². The summed E-state index contributed by atoms with van der Waals surface area (Å²) >= 11 is 7.86. The first kappa shape index (κ1) is 27.4. The molecule has 0 N–H and O–H groups in total. The Morgan fingerprint density at radius 2 is 1.80 bits per heavy atom. The number of hydrogen-bond donors (Lipinski definition) is 0. The van der Waals surface area contributed by atoms with Gasteiger partial charge in [-0.1, -0.05) is 83.6 Å². The van der Waals surface area contributed by atoms with Gasteiger partial charge in [0.2, 0.25) is 0 Å². The second-order valence-electron chi connectivity index (χ2n) is 9.02. The number of carbonyl (C=O) groups excluding carboxylic acids is 1. The van der Waals surface area contributed by atoms with Crippen molar-refractivity contribution < 1.29 is 19.0 Å². The summed E-state index contributed by atoms with van der Waals surface area (Å²) in [5.41, 5.74) is 3.04. The van der Waals surface area contributed by atoms with Crippen molar-refractivity contribution in [2.24, 2.45) is 4.99 Å². The van der Waals surface area contributed by atoms with Crippen molar-refractivity contribution in [3.8, 4) is 11.5 Å². The van der Waals surface area contributed by atoms with E-state index in [1.807, 2.05) is 60.7 Å². The molecule has 0 saturated heterocycles. The van der Waals surface area contributed by atoms with Crippen molar-refractivity contribution in [3.63, 3.8) is 0 Å². The van der Waals surface area contributed by atoms with Gasteiger partial charge >= 0.3 is 5.97 Å². The van der Waals surface area contributed by atoms with Crippen LogP contribution in [-0.2, 0) is 16.1 Å². The van der Waals surface area contributed by atoms with Crippen molar-refractivity contribution in [2.45, 2.75) is 26.5 Å². The quantitative estimate of drug-likeness (QED) is 0.276. The van der Waals surface area contributed by atoms with Gasteiger partial charge in [-0.25, -0.2) is 9.79 Å². The van der Waals surface area contributed by atoms with Gasteiger partial charge in [-0.05, 0) is 48.7 Å². The van der Waals surface area contributed by atoms with Crippen LogP contribution >= 0.6 is 22.9 Å². The molecule has 0 fully saturated rings. The zero-order chi connectivity index (χ0) is 28.2. The van der Waals surface area contributed by atoms with Gasteiger partial charge in [-0.15, -0.1) is 0 Å². The van der Waals surface area contributed by atoms with Gasteiger partial charge in [0.15, 0.2) is 16.3 Å². The predicted octanol–water partition coefficient (Wildman–Crippen LogP) is 5.04. The Balaban J connectivity index is 1.58. The maximum Gasteiger partial charge on any atom is 0.338 e. The second kappa shape index (κ2) is 11.9. The largest absolute Gasteiger partial charge is 0.493 e. The van der Waals surface area contributed by atoms with E-state index in [1.165, 1.54) is 18.4 Å². The third-order valence-electron chi connectivity index (χ3n) is 6.41. The molecule has 40 heavy (non-hydrogen) atoms. The summed E-state index contributed by atoms with van der Waals surface area (Å²) in [6.45, 7) is 4.06. The molecule has 9 heteroatoms. The molecule has 1 atom stereocenters. The van der Waals surface area contributed by atoms with Gasteiger partial charge in [-0.2, -0.15) is 0 Å². The van der Waals surface area contributed by atoms with Crippen molar-refractivity contribution in [1.82, 2.24) is 4.57 Å². The molecule has 2 heterocycles. The zero-order valence-electron chi connectivity index (χ0n) is 22.2. The monoisotopic (exact) mass is 574 g/mol. The molecular formula is C31H27ClN2O5S. The summed E-state index contributed by atoms with van der Waals surface area (Å²) in [7, 11) is 1.54. The van der Waals surface area contributed by atoms with E-state index in [4.69, 9.17) is 25.8 Å². The van der Waals surface area contributed by atoms with Crippen LogP contribution in [0.3, 0.4) is 0 Å². The minimum absolute atomic E-state index is 0.217. The Labute approximate surface area is 240 Å². The molecule has 204 valence electrons. The van der Waals surface area contributed by atoms with Crippen molar-refractivity contribution in [2.75, 3.05) is 13.7 Å². The number of esters is 1. The zero-order valence-corrected chi connectivity index (χ0v) is 23.8. The molecular weight excluding hydrogens is 548 g/mol. The van der Waals surface area contributed by atoms with Crippen LogP contribution in [0.1, 0.15) is 36.6 Å². The third kappa shape index (κ3) is 5.46. The Morgan fingerprint density at radius 1 is 1.10 bits per heavy atom. The van der Waals surface area contributed by atoms with E-state index < -0.39 is 12.0 Å². The number of benzene rings is 3. The van der Waals surface area contributed by atoms with E-state index in [0.717, 1.165) is 11.1 Å². The highest BCUT2D eigenvalue weighted by atomic mass is 35.5. The molecule has 5 rings (SSSR count). The van der Waals surface area contributed by atoms with Crippen LogP contribution < -0.4 is 24.4 Å². The van der Waals surface area contributed by atoms with Crippen LogP contribution in [0.15, 0.2) is 93.9 Å². The van der Waals surface area contributed by atoms with Gasteiger partial charge in [0, 0.05) is 0 Å². The van der Waals surface area contributed by atoms with Crippen LogP contribution in [0, 0.1) is 0 Å². The highest BCUT2D eigenvalue weighted by Crippen LogP contribution is 2.37. The van der Waals surface area contributed by atoms with E-state index in [0.29, 0.717) is 49.3 Å². The summed E-state index contributed by atoms with van der Waals surface area (Å²) in [5.74, 6) is 0.380. The van der Waals surface area contributed by atoms with E-state index in [1.54, 1.807) is 36.6 Å². The summed E-state index contributed by atoms with van der Waals surface area (Å²) < 4.78 is 18.9. The molecule has 1 aliphatic heterocycles. The molecule has 1 aromatic heterocycles. The predicted molar refractivity (Wildman–Crippen MR) is 156 cm³/mol. The lowest BCUT2D eigenvalue weighted by molar-refractivity contribution is -0.139. The average Bonchev–Trinajstić information content (AvgIpc) is 3.26. The molecule has 0 aliphatic carbocycles. The highest BCUT2D eigenvalue weighted by Gasteiger charge is 2.33. The Morgan fingerprint density at radius 3 is 2.48 bits per heavy atom. The molecule has 0 bridgehead atoms. The lowest BCUT2D eigenvalue weighted by Crippen LogP contribution is -2.39. The topological polar surface area (TPSA) is 79.1 Å². The van der Waals surface area contributed by atoms with E-state index in [-0.39, 0.29) is 12.2 Å². The number of carbonyl (C=O) groups is 1. The highest BCUT2D eigenvalue weighted by molar-refractivity contribution is 7.07. The van der Waals surface area contributed by atoms with Crippen LogP contribution in [0.2, 0.25) is 5.02 Å². The maximum absolute atomic E-state index is 13.8. The summed E-state index contributed by atoms with van der Waals surface area (Å²) in [6.07, 6.45) is 1.74. The molecule has 0 amide bonds. The molecule has 0 saturated carbocycles. The third-order valence-corrected chi connectivity index (χ3v) is 7.67. The second-order valence-corrected chi connectivity index (χ2v) is 10.4. The summed E-state index contributed by atoms with van der Waals surface area (Å²) in [6, 6.07) is 22.0. The van der Waals surface area contributed by atoms with E-state index in [2.05, 4.69) is 4.99 Å². The van der Waals surface area contributed by atoms with Crippen LogP contribution in [0.5, 0.6) is 11.5 Å². The normalized spacial score (nSPS) is 14.9. The van der Waals surface area contributed by atoms with E-state index >= 15 is 0 Å². The van der Waals surface area contributed by atoms with Gasteiger partial charge < -0.3 is 14.2 Å². The SMILES string of the molecule is CCOC(=O)C1=C(C)N=c2s/c(=C/c3cc(Cl)c(OCc4ccccc4)c(OC)c3)c(=O)n2[C@@H]1c1ccccc1. The number of methoxy groups -OCH3 is 1. The number of aromatic nitrogens is 1. The lowest BCUT2D eigenvalue weighted by atomic mass is 9.96. The number of fused-ring (bicyclic) bond motifs is 1. The fourth-order valence-electron chi connectivity index (χ4n) is 4.59. The molecule has 1 aliphatic rings. The van der Waals surface area contributed by atoms with Crippen molar-refractivity contribution in [1.29, 1.82) is 0 Å². The number of halogens is 1. The molecule has 7 nitrogen and oxygen atoms in total. The Kier molecular flexibility index (Phi) is 8.19. The van der Waals surface area contributed by atoms with Crippen LogP contribution in [0.4, 0.5) is 0 Å². The lowest BCUT2D eigenvalue weighted by Gasteiger charge is -2.24. The van der Waals surface area contributed by atoms with Gasteiger partial charge in [0.1, 0.15) is 6.61 Å². The number of nitrogens with zero attached hydrogens (tertiary/aromatic N) is 2. The minimum Gasteiger partial charge on any atom is -0.493 e.